The minimum absolute atomic E-state index is 0.000614. The maximum atomic E-state index is 13.3. The Labute approximate surface area is 237 Å². The molecule has 0 aromatic heterocycles. The second-order valence-corrected chi connectivity index (χ2v) is 11.8. The number of unbranched alkanes of at least 4 members (excludes halogenated alkanes) is 1. The van der Waals surface area contributed by atoms with Crippen LogP contribution in [0.15, 0.2) is 42.5 Å². The highest BCUT2D eigenvalue weighted by atomic mass is 35.5. The zero-order chi connectivity index (χ0) is 29.4. The van der Waals surface area contributed by atoms with Crippen molar-refractivity contribution in [1.82, 2.24) is 10.2 Å². The van der Waals surface area contributed by atoms with Gasteiger partial charge in [0.2, 0.25) is 21.8 Å². The Kier molecular flexibility index (Phi) is 11.9. The summed E-state index contributed by atoms with van der Waals surface area (Å²) in [5, 5.41) is 3.51. The number of carbonyl (C=O) groups is 2. The molecule has 0 heterocycles. The standard InChI is InChI=1S/C26H32Cl2F3N3O4S/c1-4-5-13-32-25(36)18(2)33(17-19-11-12-21(27)16-23(19)28)24(35)10-7-14-34(39(3,37)38)22-9-6-8-20(15-22)26(29,30)31/h6,8-9,11-12,15-16,18H,4-5,7,10,13-14,17H2,1-3H3,(H,32,36)/t18-/m0/s1. The Morgan fingerprint density at radius 1 is 1.08 bits per heavy atom. The van der Waals surface area contributed by atoms with Crippen LogP contribution in [0.5, 0.6) is 0 Å². The number of nitrogens with one attached hydrogen (secondary N) is 1. The molecule has 13 heteroatoms. The molecule has 0 saturated carbocycles. The van der Waals surface area contributed by atoms with Crippen LogP contribution in [-0.2, 0) is 32.3 Å². The lowest BCUT2D eigenvalue weighted by atomic mass is 10.1. The minimum Gasteiger partial charge on any atom is -0.354 e. The van der Waals surface area contributed by atoms with Crippen LogP contribution < -0.4 is 9.62 Å². The van der Waals surface area contributed by atoms with Crippen LogP contribution >= 0.6 is 23.2 Å². The predicted molar refractivity (Wildman–Crippen MR) is 147 cm³/mol. The van der Waals surface area contributed by atoms with Gasteiger partial charge in [0.1, 0.15) is 6.04 Å². The third kappa shape index (κ3) is 9.88. The molecule has 0 bridgehead atoms. The Hall–Kier alpha value is -2.50. The molecule has 216 valence electrons. The third-order valence-corrected chi connectivity index (χ3v) is 7.75. The van der Waals surface area contributed by atoms with E-state index in [9.17, 15) is 31.2 Å². The summed E-state index contributed by atoms with van der Waals surface area (Å²) < 4.78 is 65.2. The molecule has 2 aromatic rings. The van der Waals surface area contributed by atoms with Gasteiger partial charge in [0.25, 0.3) is 0 Å². The molecule has 0 aliphatic rings. The fourth-order valence-electron chi connectivity index (χ4n) is 3.79. The van der Waals surface area contributed by atoms with Gasteiger partial charge in [0.15, 0.2) is 0 Å². The van der Waals surface area contributed by atoms with Crippen LogP contribution in [0.2, 0.25) is 10.0 Å². The number of alkyl halides is 3. The molecule has 0 unspecified atom stereocenters. The number of benzene rings is 2. The van der Waals surface area contributed by atoms with Crippen LogP contribution in [0.1, 0.15) is 50.7 Å². The van der Waals surface area contributed by atoms with Gasteiger partial charge in [-0.25, -0.2) is 8.42 Å². The van der Waals surface area contributed by atoms with E-state index in [0.29, 0.717) is 22.2 Å². The lowest BCUT2D eigenvalue weighted by Gasteiger charge is -2.30. The highest BCUT2D eigenvalue weighted by molar-refractivity contribution is 7.92. The van der Waals surface area contributed by atoms with Gasteiger partial charge in [0, 0.05) is 36.1 Å². The van der Waals surface area contributed by atoms with E-state index in [1.54, 1.807) is 19.1 Å². The number of rotatable bonds is 13. The van der Waals surface area contributed by atoms with Crippen LogP contribution in [0.4, 0.5) is 18.9 Å². The molecule has 2 rings (SSSR count). The van der Waals surface area contributed by atoms with Crippen molar-refractivity contribution in [3.05, 3.63) is 63.6 Å². The number of carbonyl (C=O) groups excluding carboxylic acids is 2. The molecule has 0 fully saturated rings. The smallest absolute Gasteiger partial charge is 0.354 e. The molecule has 2 aromatic carbocycles. The molecule has 0 saturated heterocycles. The van der Waals surface area contributed by atoms with Gasteiger partial charge in [-0.2, -0.15) is 13.2 Å². The van der Waals surface area contributed by atoms with Gasteiger partial charge in [-0.05, 0) is 55.7 Å². The topological polar surface area (TPSA) is 86.8 Å². The molecule has 7 nitrogen and oxygen atoms in total. The SMILES string of the molecule is CCCCNC(=O)[C@H](C)N(Cc1ccc(Cl)cc1Cl)C(=O)CCCN(c1cccc(C(F)(F)F)c1)S(C)(=O)=O. The number of anilines is 1. The average molecular weight is 611 g/mol. The summed E-state index contributed by atoms with van der Waals surface area (Å²) in [6, 6.07) is 7.89. The van der Waals surface area contributed by atoms with Crippen LogP contribution in [0.25, 0.3) is 0 Å². The van der Waals surface area contributed by atoms with Crippen molar-refractivity contribution in [2.24, 2.45) is 0 Å². The van der Waals surface area contributed by atoms with Gasteiger partial charge in [-0.3, -0.25) is 13.9 Å². The molecule has 0 aliphatic heterocycles. The van der Waals surface area contributed by atoms with Gasteiger partial charge in [-0.1, -0.05) is 48.7 Å². The Balaban J connectivity index is 2.23. The quantitative estimate of drug-likeness (QED) is 0.287. The fourth-order valence-corrected chi connectivity index (χ4v) is 5.22. The van der Waals surface area contributed by atoms with Crippen LogP contribution in [0.3, 0.4) is 0 Å². The maximum absolute atomic E-state index is 13.3. The molecule has 1 N–H and O–H groups in total. The second kappa shape index (κ2) is 14.2. The molecule has 39 heavy (non-hydrogen) atoms. The Morgan fingerprint density at radius 3 is 2.36 bits per heavy atom. The number of sulfonamides is 1. The van der Waals surface area contributed by atoms with Crippen molar-refractivity contribution < 1.29 is 31.2 Å². The highest BCUT2D eigenvalue weighted by Crippen LogP contribution is 2.32. The van der Waals surface area contributed by atoms with Crippen LogP contribution in [-0.4, -0.2) is 50.5 Å². The maximum Gasteiger partial charge on any atom is 0.416 e. The van der Waals surface area contributed by atoms with E-state index in [1.807, 2.05) is 6.92 Å². The van der Waals surface area contributed by atoms with Crippen molar-refractivity contribution in [2.45, 2.75) is 58.3 Å². The number of amides is 2. The van der Waals surface area contributed by atoms with E-state index in [4.69, 9.17) is 23.2 Å². The lowest BCUT2D eigenvalue weighted by molar-refractivity contribution is -0.140. The molecule has 0 aliphatic carbocycles. The van der Waals surface area contributed by atoms with Crippen molar-refractivity contribution in [3.8, 4) is 0 Å². The number of nitrogens with zero attached hydrogens (tertiary/aromatic N) is 2. The van der Waals surface area contributed by atoms with Gasteiger partial charge < -0.3 is 10.2 Å². The highest BCUT2D eigenvalue weighted by Gasteiger charge is 2.32. The van der Waals surface area contributed by atoms with Crippen molar-refractivity contribution in [1.29, 1.82) is 0 Å². The molecule has 0 spiro atoms. The summed E-state index contributed by atoms with van der Waals surface area (Å²) in [5.74, 6) is -0.805. The largest absolute Gasteiger partial charge is 0.416 e. The van der Waals surface area contributed by atoms with E-state index in [-0.39, 0.29) is 37.5 Å². The van der Waals surface area contributed by atoms with Gasteiger partial charge in [-0.15, -0.1) is 0 Å². The van der Waals surface area contributed by atoms with E-state index < -0.39 is 33.7 Å². The first-order chi connectivity index (χ1) is 18.1. The molecular formula is C26H32Cl2F3N3O4S. The average Bonchev–Trinajstić information content (AvgIpc) is 2.84. The lowest BCUT2D eigenvalue weighted by Crippen LogP contribution is -2.48. The first-order valence-electron chi connectivity index (χ1n) is 12.3. The van der Waals surface area contributed by atoms with E-state index in [2.05, 4.69) is 5.32 Å². The van der Waals surface area contributed by atoms with E-state index in [1.165, 1.54) is 17.0 Å². The zero-order valence-corrected chi connectivity index (χ0v) is 24.2. The minimum atomic E-state index is -4.65. The molecule has 2 amide bonds. The molecular weight excluding hydrogens is 578 g/mol. The van der Waals surface area contributed by atoms with Crippen molar-refractivity contribution in [2.75, 3.05) is 23.7 Å². The first kappa shape index (κ1) is 32.7. The predicted octanol–water partition coefficient (Wildman–Crippen LogP) is 5.89. The summed E-state index contributed by atoms with van der Waals surface area (Å²) in [4.78, 5) is 27.4. The normalized spacial score (nSPS) is 12.6. The number of halogens is 5. The third-order valence-electron chi connectivity index (χ3n) is 5.97. The Bertz CT molecular complexity index is 1260. The van der Waals surface area contributed by atoms with Gasteiger partial charge >= 0.3 is 6.18 Å². The Morgan fingerprint density at radius 2 is 1.77 bits per heavy atom. The number of hydrogen-bond donors (Lipinski definition) is 1. The second-order valence-electron chi connectivity index (χ2n) is 9.06. The van der Waals surface area contributed by atoms with Gasteiger partial charge in [0.05, 0.1) is 17.5 Å². The summed E-state index contributed by atoms with van der Waals surface area (Å²) in [7, 11) is -3.95. The van der Waals surface area contributed by atoms with E-state index in [0.717, 1.165) is 41.6 Å². The fraction of sp³-hybridized carbons (Fsp3) is 0.462. The summed E-state index contributed by atoms with van der Waals surface area (Å²) >= 11 is 12.3. The summed E-state index contributed by atoms with van der Waals surface area (Å²) in [6.07, 6.45) is -2.29. The van der Waals surface area contributed by atoms with Crippen LogP contribution in [0, 0.1) is 0 Å². The molecule has 0 radical (unpaired) electrons. The molecule has 1 atom stereocenters. The summed E-state index contributed by atoms with van der Waals surface area (Å²) in [5.41, 5.74) is -0.587. The zero-order valence-electron chi connectivity index (χ0n) is 21.9. The monoisotopic (exact) mass is 609 g/mol. The van der Waals surface area contributed by atoms with Crippen molar-refractivity contribution >= 4 is 50.7 Å². The van der Waals surface area contributed by atoms with E-state index >= 15 is 0 Å². The van der Waals surface area contributed by atoms with Crippen molar-refractivity contribution in [3.63, 3.8) is 0 Å². The number of hydrogen-bond acceptors (Lipinski definition) is 4. The summed E-state index contributed by atoms with van der Waals surface area (Å²) in [6.45, 7) is 3.77. The first-order valence-corrected chi connectivity index (χ1v) is 14.9.